The lowest BCUT2D eigenvalue weighted by Crippen LogP contribution is -1.80. The molecule has 0 amide bonds. The second kappa shape index (κ2) is 5.13. The summed E-state index contributed by atoms with van der Waals surface area (Å²) in [7, 11) is 0. The number of hydrogen-bond acceptors (Lipinski definition) is 2. The van der Waals surface area contributed by atoms with Crippen LogP contribution >= 0.6 is 15.9 Å². The molecule has 0 saturated heterocycles. The topological polar surface area (TPSA) is 48.4 Å². The first-order chi connectivity index (χ1) is 9.65. The van der Waals surface area contributed by atoms with Crippen molar-refractivity contribution < 1.29 is 5.11 Å². The molecule has 0 saturated carbocycles. The lowest BCUT2D eigenvalue weighted by molar-refractivity contribution is 0.457. The first-order valence-corrected chi connectivity index (χ1v) is 7.04. The predicted molar refractivity (Wildman–Crippen MR) is 86.1 cm³/mol. The minimum Gasteiger partial charge on any atom is -0.494 e. The van der Waals surface area contributed by atoms with E-state index in [9.17, 15) is 5.11 Å². The molecule has 3 nitrogen and oxygen atoms in total. The molecular formula is C16H13BrN2O. The van der Waals surface area contributed by atoms with Gasteiger partial charge in [-0.1, -0.05) is 23.8 Å². The molecule has 3 rings (SSSR count). The van der Waals surface area contributed by atoms with Gasteiger partial charge in [0.2, 0.25) is 0 Å². The summed E-state index contributed by atoms with van der Waals surface area (Å²) in [5.41, 5.74) is 3.59. The van der Waals surface area contributed by atoms with Gasteiger partial charge < -0.3 is 10.1 Å². The molecule has 20 heavy (non-hydrogen) atoms. The van der Waals surface area contributed by atoms with Crippen molar-refractivity contribution in [2.45, 2.75) is 6.92 Å². The van der Waals surface area contributed by atoms with Gasteiger partial charge in [0.05, 0.1) is 11.3 Å². The molecule has 0 radical (unpaired) electrons. The van der Waals surface area contributed by atoms with E-state index in [4.69, 9.17) is 0 Å². The van der Waals surface area contributed by atoms with Crippen molar-refractivity contribution >= 4 is 38.7 Å². The van der Waals surface area contributed by atoms with E-state index in [1.54, 1.807) is 6.21 Å². The number of aromatic hydroxyl groups is 1. The summed E-state index contributed by atoms with van der Waals surface area (Å²) in [6, 6.07) is 13.7. The molecule has 1 aromatic heterocycles. The molecule has 0 aliphatic heterocycles. The number of aliphatic imine (C=N–C) groups is 1. The first-order valence-electron chi connectivity index (χ1n) is 6.25. The summed E-state index contributed by atoms with van der Waals surface area (Å²) in [4.78, 5) is 7.39. The van der Waals surface area contributed by atoms with Gasteiger partial charge in [0, 0.05) is 21.6 Å². The Balaban J connectivity index is 2.09. The largest absolute Gasteiger partial charge is 0.494 e. The van der Waals surface area contributed by atoms with Crippen molar-refractivity contribution in [1.29, 1.82) is 0 Å². The summed E-state index contributed by atoms with van der Waals surface area (Å²) in [6.45, 7) is 2.03. The number of para-hydroxylation sites is 1. The highest BCUT2D eigenvalue weighted by Gasteiger charge is 2.08. The maximum absolute atomic E-state index is 10.0. The maximum atomic E-state index is 10.0. The predicted octanol–water partition coefficient (Wildman–Crippen LogP) is 4.70. The SMILES string of the molecule is Cc1ccc2[nH]c(O)c(C=Nc3ccccc3Br)c2c1. The average molecular weight is 329 g/mol. The van der Waals surface area contributed by atoms with Crippen LogP contribution in [-0.4, -0.2) is 16.3 Å². The van der Waals surface area contributed by atoms with Crippen LogP contribution in [0.2, 0.25) is 0 Å². The van der Waals surface area contributed by atoms with E-state index in [0.717, 1.165) is 26.6 Å². The van der Waals surface area contributed by atoms with E-state index in [-0.39, 0.29) is 5.88 Å². The van der Waals surface area contributed by atoms with Crippen molar-refractivity contribution in [1.82, 2.24) is 4.98 Å². The van der Waals surface area contributed by atoms with Gasteiger partial charge in [-0.25, -0.2) is 0 Å². The van der Waals surface area contributed by atoms with E-state index in [1.165, 1.54) is 0 Å². The van der Waals surface area contributed by atoms with E-state index >= 15 is 0 Å². The maximum Gasteiger partial charge on any atom is 0.198 e. The molecule has 3 aromatic rings. The number of nitrogens with zero attached hydrogens (tertiary/aromatic N) is 1. The highest BCUT2D eigenvalue weighted by molar-refractivity contribution is 9.10. The molecule has 0 bridgehead atoms. The molecule has 0 spiro atoms. The van der Waals surface area contributed by atoms with E-state index in [2.05, 4.69) is 25.9 Å². The Morgan fingerprint density at radius 3 is 2.80 bits per heavy atom. The fourth-order valence-electron chi connectivity index (χ4n) is 2.13. The number of nitrogens with one attached hydrogen (secondary N) is 1. The molecule has 4 heteroatoms. The zero-order chi connectivity index (χ0) is 14.1. The Kier molecular flexibility index (Phi) is 3.32. The Labute approximate surface area is 125 Å². The zero-order valence-electron chi connectivity index (χ0n) is 10.9. The van der Waals surface area contributed by atoms with Gasteiger partial charge >= 0.3 is 0 Å². The molecule has 0 atom stereocenters. The van der Waals surface area contributed by atoms with Crippen LogP contribution < -0.4 is 0 Å². The Morgan fingerprint density at radius 1 is 1.20 bits per heavy atom. The van der Waals surface area contributed by atoms with E-state index in [0.29, 0.717) is 5.56 Å². The molecule has 0 fully saturated rings. The Hall–Kier alpha value is -2.07. The van der Waals surface area contributed by atoms with Gasteiger partial charge in [-0.3, -0.25) is 4.99 Å². The van der Waals surface area contributed by atoms with Crippen LogP contribution in [0.25, 0.3) is 10.9 Å². The molecular weight excluding hydrogens is 316 g/mol. The van der Waals surface area contributed by atoms with E-state index < -0.39 is 0 Å². The second-order valence-electron chi connectivity index (χ2n) is 4.65. The van der Waals surface area contributed by atoms with Gasteiger partial charge in [-0.2, -0.15) is 0 Å². The number of fused-ring (bicyclic) bond motifs is 1. The summed E-state index contributed by atoms with van der Waals surface area (Å²) < 4.78 is 0.923. The van der Waals surface area contributed by atoms with Gasteiger partial charge in [0.15, 0.2) is 5.88 Å². The number of H-pyrrole nitrogens is 1. The molecule has 0 aliphatic carbocycles. The summed E-state index contributed by atoms with van der Waals surface area (Å²) in [5.74, 6) is 0.140. The number of aryl methyl sites for hydroxylation is 1. The number of benzene rings is 2. The van der Waals surface area contributed by atoms with Crippen LogP contribution in [0.15, 0.2) is 51.9 Å². The standard InChI is InChI=1S/C16H13BrN2O/c1-10-6-7-14-11(8-10)12(16(20)19-14)9-18-15-5-3-2-4-13(15)17/h2-9,19-20H,1H3. The summed E-state index contributed by atoms with van der Waals surface area (Å²) in [6.07, 6.45) is 1.69. The number of hydrogen-bond donors (Lipinski definition) is 2. The summed E-state index contributed by atoms with van der Waals surface area (Å²) in [5, 5.41) is 11.0. The number of aromatic nitrogens is 1. The van der Waals surface area contributed by atoms with Gasteiger partial charge in [-0.05, 0) is 47.1 Å². The smallest absolute Gasteiger partial charge is 0.198 e. The third-order valence-electron chi connectivity index (χ3n) is 3.16. The summed E-state index contributed by atoms with van der Waals surface area (Å²) >= 11 is 3.46. The van der Waals surface area contributed by atoms with Crippen LogP contribution in [0.3, 0.4) is 0 Å². The third kappa shape index (κ3) is 2.34. The molecule has 0 aliphatic rings. The third-order valence-corrected chi connectivity index (χ3v) is 3.83. The highest BCUT2D eigenvalue weighted by atomic mass is 79.9. The van der Waals surface area contributed by atoms with Gasteiger partial charge in [0.1, 0.15) is 0 Å². The van der Waals surface area contributed by atoms with Crippen LogP contribution in [0.4, 0.5) is 5.69 Å². The van der Waals surface area contributed by atoms with Crippen molar-refractivity contribution in [3.8, 4) is 5.88 Å². The van der Waals surface area contributed by atoms with Crippen LogP contribution in [0.5, 0.6) is 5.88 Å². The van der Waals surface area contributed by atoms with Crippen molar-refractivity contribution in [2.75, 3.05) is 0 Å². The van der Waals surface area contributed by atoms with Crippen molar-refractivity contribution in [3.63, 3.8) is 0 Å². The van der Waals surface area contributed by atoms with Crippen LogP contribution in [0, 0.1) is 6.92 Å². The first kappa shape index (κ1) is 12.9. The second-order valence-corrected chi connectivity index (χ2v) is 5.50. The number of aromatic amines is 1. The van der Waals surface area contributed by atoms with Crippen molar-refractivity contribution in [3.05, 3.63) is 58.1 Å². The molecule has 1 heterocycles. The lowest BCUT2D eigenvalue weighted by atomic mass is 10.1. The molecule has 100 valence electrons. The Morgan fingerprint density at radius 2 is 2.00 bits per heavy atom. The zero-order valence-corrected chi connectivity index (χ0v) is 12.5. The van der Waals surface area contributed by atoms with Gasteiger partial charge in [-0.15, -0.1) is 0 Å². The number of rotatable bonds is 2. The average Bonchev–Trinajstić information content (AvgIpc) is 2.73. The fraction of sp³-hybridized carbons (Fsp3) is 0.0625. The minimum atomic E-state index is 0.140. The molecule has 2 aromatic carbocycles. The molecule has 2 N–H and O–H groups in total. The van der Waals surface area contributed by atoms with Crippen LogP contribution in [-0.2, 0) is 0 Å². The Bertz CT molecular complexity index is 805. The van der Waals surface area contributed by atoms with E-state index in [1.807, 2.05) is 49.4 Å². The molecule has 0 unspecified atom stereocenters. The highest BCUT2D eigenvalue weighted by Crippen LogP contribution is 2.28. The van der Waals surface area contributed by atoms with Crippen LogP contribution in [0.1, 0.15) is 11.1 Å². The minimum absolute atomic E-state index is 0.140. The van der Waals surface area contributed by atoms with Crippen molar-refractivity contribution in [2.24, 2.45) is 4.99 Å². The quantitative estimate of drug-likeness (QED) is 0.658. The normalized spacial score (nSPS) is 11.5. The monoisotopic (exact) mass is 328 g/mol. The lowest BCUT2D eigenvalue weighted by Gasteiger charge is -1.97. The fourth-order valence-corrected chi connectivity index (χ4v) is 2.52. The number of halogens is 1. The van der Waals surface area contributed by atoms with Gasteiger partial charge in [0.25, 0.3) is 0 Å².